The first-order valence-electron chi connectivity index (χ1n) is 9.84. The molecular formula is C23H26FN3O. The van der Waals surface area contributed by atoms with Crippen LogP contribution in [0.2, 0.25) is 0 Å². The van der Waals surface area contributed by atoms with Crippen LogP contribution in [0, 0.1) is 18.7 Å². The van der Waals surface area contributed by atoms with E-state index in [1.807, 2.05) is 35.4 Å². The van der Waals surface area contributed by atoms with Crippen LogP contribution in [-0.2, 0) is 0 Å². The summed E-state index contributed by atoms with van der Waals surface area (Å²) in [6, 6.07) is 5.16. The molecule has 0 bridgehead atoms. The van der Waals surface area contributed by atoms with Crippen molar-refractivity contribution in [3.05, 3.63) is 77.5 Å². The smallest absolute Gasteiger partial charge is 0.137 e. The Hall–Kier alpha value is -2.66. The van der Waals surface area contributed by atoms with E-state index in [2.05, 4.69) is 18.4 Å². The van der Waals surface area contributed by atoms with Crippen molar-refractivity contribution < 1.29 is 9.50 Å². The minimum absolute atomic E-state index is 0.234. The first kappa shape index (κ1) is 18.7. The second-order valence-corrected chi connectivity index (χ2v) is 7.73. The molecule has 146 valence electrons. The number of halogens is 1. The van der Waals surface area contributed by atoms with Gasteiger partial charge in [0.25, 0.3) is 0 Å². The summed E-state index contributed by atoms with van der Waals surface area (Å²) in [4.78, 5) is 8.86. The molecule has 0 amide bonds. The zero-order valence-corrected chi connectivity index (χ0v) is 16.4. The van der Waals surface area contributed by atoms with Crippen LogP contribution in [0.25, 0.3) is 5.70 Å². The molecule has 1 fully saturated rings. The number of likely N-dealkylation sites (tertiary alicyclic amines) is 1. The van der Waals surface area contributed by atoms with E-state index in [-0.39, 0.29) is 11.9 Å². The fraction of sp³-hybridized carbons (Fsp3) is 0.348. The molecule has 0 aliphatic carbocycles. The molecule has 0 unspecified atom stereocenters. The van der Waals surface area contributed by atoms with Crippen molar-refractivity contribution in [3.8, 4) is 0 Å². The van der Waals surface area contributed by atoms with Crippen molar-refractivity contribution in [2.45, 2.75) is 32.8 Å². The lowest BCUT2D eigenvalue weighted by Gasteiger charge is -2.31. The molecule has 5 heteroatoms. The number of hydrogen-bond acceptors (Lipinski definition) is 4. The molecule has 3 aliphatic rings. The lowest BCUT2D eigenvalue weighted by Crippen LogP contribution is -2.31. The molecule has 2 atom stereocenters. The summed E-state index contributed by atoms with van der Waals surface area (Å²) >= 11 is 0. The first-order chi connectivity index (χ1) is 13.5. The fourth-order valence-corrected chi connectivity index (χ4v) is 3.99. The highest BCUT2D eigenvalue weighted by atomic mass is 19.1. The number of amidine groups is 1. The maximum atomic E-state index is 13.9. The van der Waals surface area contributed by atoms with Crippen LogP contribution in [0.15, 0.2) is 65.6 Å². The van der Waals surface area contributed by atoms with Crippen molar-refractivity contribution in [3.63, 3.8) is 0 Å². The monoisotopic (exact) mass is 379 g/mol. The number of β-amino-alcohol motifs (C(OH)–C–C–N with tert-alkyl or cyclic N) is 1. The van der Waals surface area contributed by atoms with Gasteiger partial charge in [0.1, 0.15) is 11.7 Å². The number of benzene rings is 1. The molecule has 1 saturated heterocycles. The van der Waals surface area contributed by atoms with Crippen LogP contribution in [0.5, 0.6) is 0 Å². The third-order valence-electron chi connectivity index (χ3n) is 5.66. The van der Waals surface area contributed by atoms with Gasteiger partial charge in [-0.2, -0.15) is 0 Å². The Morgan fingerprint density at radius 3 is 2.86 bits per heavy atom. The predicted molar refractivity (Wildman–Crippen MR) is 111 cm³/mol. The van der Waals surface area contributed by atoms with Gasteiger partial charge in [0.05, 0.1) is 17.5 Å². The van der Waals surface area contributed by atoms with E-state index in [0.29, 0.717) is 23.7 Å². The quantitative estimate of drug-likeness (QED) is 0.852. The summed E-state index contributed by atoms with van der Waals surface area (Å²) in [5.74, 6) is 0.848. The van der Waals surface area contributed by atoms with Gasteiger partial charge in [-0.05, 0) is 43.2 Å². The van der Waals surface area contributed by atoms with E-state index in [4.69, 9.17) is 4.99 Å². The van der Waals surface area contributed by atoms with E-state index in [1.165, 1.54) is 6.07 Å². The van der Waals surface area contributed by atoms with Gasteiger partial charge in [0.2, 0.25) is 0 Å². The van der Waals surface area contributed by atoms with Gasteiger partial charge in [-0.3, -0.25) is 0 Å². The Morgan fingerprint density at radius 2 is 2.11 bits per heavy atom. The molecule has 3 heterocycles. The molecule has 0 saturated carbocycles. The molecule has 4 rings (SSSR count). The van der Waals surface area contributed by atoms with Gasteiger partial charge in [-0.25, -0.2) is 9.38 Å². The molecule has 3 aliphatic heterocycles. The summed E-state index contributed by atoms with van der Waals surface area (Å²) in [5, 5.41) is 10.3. The van der Waals surface area contributed by atoms with E-state index in [1.54, 1.807) is 13.0 Å². The van der Waals surface area contributed by atoms with Crippen LogP contribution >= 0.6 is 0 Å². The number of rotatable bonds is 4. The van der Waals surface area contributed by atoms with E-state index < -0.39 is 0 Å². The van der Waals surface area contributed by atoms with Gasteiger partial charge >= 0.3 is 0 Å². The van der Waals surface area contributed by atoms with Crippen LogP contribution in [0.3, 0.4) is 0 Å². The average molecular weight is 379 g/mol. The molecule has 0 spiro atoms. The number of aryl methyl sites for hydroxylation is 1. The second kappa shape index (κ2) is 7.40. The van der Waals surface area contributed by atoms with Gasteiger partial charge < -0.3 is 14.9 Å². The molecule has 1 aromatic carbocycles. The Bertz CT molecular complexity index is 928. The average Bonchev–Trinajstić information content (AvgIpc) is 3.04. The minimum Gasteiger partial charge on any atom is -0.391 e. The maximum absolute atomic E-state index is 13.9. The largest absolute Gasteiger partial charge is 0.391 e. The van der Waals surface area contributed by atoms with E-state index in [0.717, 1.165) is 42.2 Å². The van der Waals surface area contributed by atoms with Gasteiger partial charge in [-0.1, -0.05) is 32.1 Å². The van der Waals surface area contributed by atoms with Crippen LogP contribution in [-0.4, -0.2) is 39.9 Å². The van der Waals surface area contributed by atoms with Crippen molar-refractivity contribution >= 4 is 11.5 Å². The molecule has 1 N–H and O–H groups in total. The predicted octanol–water partition coefficient (Wildman–Crippen LogP) is 4.21. The molecule has 1 aromatic rings. The van der Waals surface area contributed by atoms with Crippen molar-refractivity contribution in [1.82, 2.24) is 9.80 Å². The van der Waals surface area contributed by atoms with Crippen LogP contribution in [0.4, 0.5) is 4.39 Å². The lowest BCUT2D eigenvalue weighted by molar-refractivity contribution is 0.139. The number of allylic oxidation sites excluding steroid dienone is 2. The Labute approximate surface area is 165 Å². The highest BCUT2D eigenvalue weighted by molar-refractivity contribution is 6.02. The highest BCUT2D eigenvalue weighted by Crippen LogP contribution is 2.31. The zero-order chi connectivity index (χ0) is 19.8. The number of aliphatic imine (C=N–C) groups is 1. The van der Waals surface area contributed by atoms with Crippen molar-refractivity contribution in [2.24, 2.45) is 10.9 Å². The van der Waals surface area contributed by atoms with Gasteiger partial charge in [0, 0.05) is 36.5 Å². The number of nitrogens with zero attached hydrogens (tertiary/aromatic N) is 3. The zero-order valence-electron chi connectivity index (χ0n) is 16.4. The number of aliphatic hydroxyl groups is 1. The fourth-order valence-electron chi connectivity index (χ4n) is 3.99. The SMILES string of the molecule is C=C1C=C(c2ccc(C)c(F)c2)N=C2C=CC(N3C[C@@H](CCC)[C@H](O)C3)=CN12. The summed E-state index contributed by atoms with van der Waals surface area (Å²) in [7, 11) is 0. The third kappa shape index (κ3) is 3.42. The van der Waals surface area contributed by atoms with Gasteiger partial charge in [-0.15, -0.1) is 0 Å². The van der Waals surface area contributed by atoms with Gasteiger partial charge in [0.15, 0.2) is 0 Å². The Morgan fingerprint density at radius 1 is 1.29 bits per heavy atom. The van der Waals surface area contributed by atoms with Crippen LogP contribution < -0.4 is 0 Å². The number of fused-ring (bicyclic) bond motifs is 1. The summed E-state index contributed by atoms with van der Waals surface area (Å²) < 4.78 is 13.9. The lowest BCUT2D eigenvalue weighted by atomic mass is 10.0. The number of hydrogen-bond donors (Lipinski definition) is 1. The Balaban J connectivity index is 1.55. The van der Waals surface area contributed by atoms with Crippen molar-refractivity contribution in [2.75, 3.05) is 13.1 Å². The Kier molecular flexibility index (Phi) is 4.94. The molecular weight excluding hydrogens is 353 g/mol. The molecule has 0 radical (unpaired) electrons. The topological polar surface area (TPSA) is 39.1 Å². The highest BCUT2D eigenvalue weighted by Gasteiger charge is 2.32. The minimum atomic E-state index is -0.281. The van der Waals surface area contributed by atoms with Crippen LogP contribution in [0.1, 0.15) is 30.9 Å². The molecule has 28 heavy (non-hydrogen) atoms. The first-order valence-corrected chi connectivity index (χ1v) is 9.84. The normalized spacial score (nSPS) is 24.1. The van der Waals surface area contributed by atoms with E-state index in [9.17, 15) is 9.50 Å². The summed E-state index contributed by atoms with van der Waals surface area (Å²) in [6.45, 7) is 9.58. The summed E-state index contributed by atoms with van der Waals surface area (Å²) in [5.41, 5.74) is 3.90. The van der Waals surface area contributed by atoms with E-state index >= 15 is 0 Å². The second-order valence-electron chi connectivity index (χ2n) is 7.73. The standard InChI is InChI=1S/C23H26FN3O/c1-4-5-18-12-26(14-22(18)28)19-8-9-23-25-21(10-16(3)27(23)13-19)17-7-6-15(2)20(24)11-17/h6-11,13,18,22,28H,3-5,12,14H2,1-2H3/t18-,22-/m1/s1. The molecule has 4 nitrogen and oxygen atoms in total. The summed E-state index contributed by atoms with van der Waals surface area (Å²) in [6.07, 6.45) is 9.72. The maximum Gasteiger partial charge on any atom is 0.137 e. The van der Waals surface area contributed by atoms with Crippen molar-refractivity contribution in [1.29, 1.82) is 0 Å². The number of aliphatic hydroxyl groups excluding tert-OH is 1. The third-order valence-corrected chi connectivity index (χ3v) is 5.66. The molecule has 0 aromatic heterocycles.